The van der Waals surface area contributed by atoms with E-state index in [4.69, 9.17) is 0 Å². The second kappa shape index (κ2) is 7.30. The van der Waals surface area contributed by atoms with Gasteiger partial charge in [0.15, 0.2) is 0 Å². The highest BCUT2D eigenvalue weighted by atomic mass is 16.2. The van der Waals surface area contributed by atoms with Crippen molar-refractivity contribution in [1.82, 2.24) is 4.90 Å². The first-order valence-corrected chi connectivity index (χ1v) is 5.05. The normalized spacial score (nSPS) is 14.6. The minimum atomic E-state index is -0.178. The third kappa shape index (κ3) is 2.98. The molecule has 14 heavy (non-hydrogen) atoms. The minimum Gasteiger partial charge on any atom is -0.278 e. The first kappa shape index (κ1) is 15.4. The van der Waals surface area contributed by atoms with Gasteiger partial charge in [-0.15, -0.1) is 0 Å². The number of hydrogen-bond acceptors (Lipinski definition) is 2. The molecule has 3 heteroatoms. The molecule has 0 atom stereocenters. The fourth-order valence-corrected chi connectivity index (χ4v) is 0.916. The molecule has 1 rings (SSSR count). The van der Waals surface area contributed by atoms with Crippen molar-refractivity contribution >= 4 is 11.8 Å². The Balaban J connectivity index is 0. The second-order valence-corrected chi connectivity index (χ2v) is 2.42. The van der Waals surface area contributed by atoms with Crippen LogP contribution in [0.2, 0.25) is 0 Å². The van der Waals surface area contributed by atoms with Crippen LogP contribution in [0.5, 0.6) is 0 Å². The number of imide groups is 1. The number of carbonyl (C=O) groups excluding carboxylic acids is 2. The molecule has 1 aliphatic heterocycles. The van der Waals surface area contributed by atoms with Crippen LogP contribution in [0, 0.1) is 0 Å². The maximum absolute atomic E-state index is 11.0. The predicted octanol–water partition coefficient (Wildman–Crippen LogP) is 2.37. The number of likely N-dealkylation sites (N-methyl/N-ethyl adjacent to an activating group) is 1. The molecule has 0 aromatic rings. The summed E-state index contributed by atoms with van der Waals surface area (Å²) in [4.78, 5) is 23.1. The van der Waals surface area contributed by atoms with Gasteiger partial charge >= 0.3 is 0 Å². The van der Waals surface area contributed by atoms with E-state index in [0.29, 0.717) is 11.1 Å². The molecule has 0 bridgehead atoms. The zero-order valence-corrected chi connectivity index (χ0v) is 10.3. The van der Waals surface area contributed by atoms with Crippen molar-refractivity contribution in [3.8, 4) is 0 Å². The summed E-state index contributed by atoms with van der Waals surface area (Å²) in [5.41, 5.74) is 1.13. The first-order valence-electron chi connectivity index (χ1n) is 5.05. The topological polar surface area (TPSA) is 37.4 Å². The van der Waals surface area contributed by atoms with E-state index < -0.39 is 0 Å². The lowest BCUT2D eigenvalue weighted by molar-refractivity contribution is -0.135. The lowest BCUT2D eigenvalue weighted by Gasteiger charge is -2.04. The van der Waals surface area contributed by atoms with Crippen LogP contribution in [0.4, 0.5) is 0 Å². The van der Waals surface area contributed by atoms with Crippen LogP contribution < -0.4 is 0 Å². The van der Waals surface area contributed by atoms with Crippen LogP contribution in [0.3, 0.4) is 0 Å². The molecule has 2 amide bonds. The molecular weight excluding hydrogens is 178 g/mol. The van der Waals surface area contributed by atoms with Crippen molar-refractivity contribution in [3.63, 3.8) is 0 Å². The van der Waals surface area contributed by atoms with E-state index in [1.54, 1.807) is 13.8 Å². The Morgan fingerprint density at radius 2 is 1.00 bits per heavy atom. The zero-order valence-electron chi connectivity index (χ0n) is 10.3. The quantitative estimate of drug-likeness (QED) is 0.562. The van der Waals surface area contributed by atoms with Crippen molar-refractivity contribution in [3.05, 3.63) is 11.1 Å². The maximum Gasteiger partial charge on any atom is 0.256 e. The van der Waals surface area contributed by atoms with Gasteiger partial charge < -0.3 is 0 Å². The number of nitrogens with zero attached hydrogens (tertiary/aromatic N) is 1. The number of hydrogen-bond donors (Lipinski definition) is 0. The van der Waals surface area contributed by atoms with Gasteiger partial charge in [0.25, 0.3) is 11.8 Å². The highest BCUT2D eigenvalue weighted by Gasteiger charge is 2.29. The predicted molar refractivity (Wildman–Crippen MR) is 58.8 cm³/mol. The number of carbonyl (C=O) groups is 2. The van der Waals surface area contributed by atoms with Crippen molar-refractivity contribution in [2.24, 2.45) is 0 Å². The Morgan fingerprint density at radius 1 is 0.786 bits per heavy atom. The summed E-state index contributed by atoms with van der Waals surface area (Å²) in [5.74, 6) is -0.356. The van der Waals surface area contributed by atoms with Crippen molar-refractivity contribution < 1.29 is 9.59 Å². The minimum absolute atomic E-state index is 0.178. The molecular formula is C11H21NO2. The van der Waals surface area contributed by atoms with E-state index >= 15 is 0 Å². The lowest BCUT2D eigenvalue weighted by Crippen LogP contribution is -2.26. The summed E-state index contributed by atoms with van der Waals surface area (Å²) in [5, 5.41) is 0. The van der Waals surface area contributed by atoms with Gasteiger partial charge in [-0.1, -0.05) is 27.7 Å². The Labute approximate surface area is 86.8 Å². The smallest absolute Gasteiger partial charge is 0.256 e. The average Bonchev–Trinajstić information content (AvgIpc) is 2.42. The third-order valence-corrected chi connectivity index (χ3v) is 1.81. The Hall–Kier alpha value is -1.12. The second-order valence-electron chi connectivity index (χ2n) is 2.42. The molecule has 0 spiro atoms. The van der Waals surface area contributed by atoms with E-state index in [9.17, 15) is 9.59 Å². The molecule has 1 heterocycles. The van der Waals surface area contributed by atoms with E-state index in [1.165, 1.54) is 7.05 Å². The van der Waals surface area contributed by atoms with Crippen LogP contribution in [0.1, 0.15) is 41.5 Å². The maximum atomic E-state index is 11.0. The average molecular weight is 199 g/mol. The molecule has 0 saturated heterocycles. The van der Waals surface area contributed by atoms with Crippen molar-refractivity contribution in [2.75, 3.05) is 7.05 Å². The monoisotopic (exact) mass is 199 g/mol. The Bertz CT molecular complexity index is 218. The van der Waals surface area contributed by atoms with Gasteiger partial charge in [-0.3, -0.25) is 14.5 Å². The highest BCUT2D eigenvalue weighted by molar-refractivity contribution is 6.18. The van der Waals surface area contributed by atoms with Crippen molar-refractivity contribution in [2.45, 2.75) is 41.5 Å². The molecule has 0 aliphatic carbocycles. The van der Waals surface area contributed by atoms with Crippen molar-refractivity contribution in [1.29, 1.82) is 0 Å². The standard InChI is InChI=1S/C7H9NO2.2C2H6/c1-4-5(2)7(10)8(3)6(4)9;2*1-2/h1-3H3;2*1-2H3. The molecule has 0 N–H and O–H groups in total. The van der Waals surface area contributed by atoms with Gasteiger partial charge in [0, 0.05) is 18.2 Å². The summed E-state index contributed by atoms with van der Waals surface area (Å²) < 4.78 is 0. The van der Waals surface area contributed by atoms with Crippen LogP contribution in [0.15, 0.2) is 11.1 Å². The van der Waals surface area contributed by atoms with Crippen LogP contribution in [0.25, 0.3) is 0 Å². The zero-order chi connectivity index (χ0) is 11.9. The van der Waals surface area contributed by atoms with Gasteiger partial charge in [-0.25, -0.2) is 0 Å². The van der Waals surface area contributed by atoms with Gasteiger partial charge in [0.05, 0.1) is 0 Å². The molecule has 0 radical (unpaired) electrons. The summed E-state index contributed by atoms with van der Waals surface area (Å²) in [6.07, 6.45) is 0. The van der Waals surface area contributed by atoms with Gasteiger partial charge in [0.1, 0.15) is 0 Å². The molecule has 1 aliphatic rings. The van der Waals surface area contributed by atoms with Gasteiger partial charge in [0.2, 0.25) is 0 Å². The molecule has 0 aromatic carbocycles. The molecule has 82 valence electrons. The first-order chi connectivity index (χ1) is 6.55. The summed E-state index contributed by atoms with van der Waals surface area (Å²) in [6.45, 7) is 11.3. The van der Waals surface area contributed by atoms with Gasteiger partial charge in [-0.05, 0) is 13.8 Å². The SMILES string of the molecule is CC.CC.CC1=C(C)C(=O)N(C)C1=O. The molecule has 3 nitrogen and oxygen atoms in total. The Morgan fingerprint density at radius 3 is 1.07 bits per heavy atom. The summed E-state index contributed by atoms with van der Waals surface area (Å²) in [6, 6.07) is 0. The van der Waals surface area contributed by atoms with E-state index in [-0.39, 0.29) is 11.8 Å². The lowest BCUT2D eigenvalue weighted by atomic mass is 10.2. The fraction of sp³-hybridized carbons (Fsp3) is 0.636. The molecule has 0 fully saturated rings. The fourth-order valence-electron chi connectivity index (χ4n) is 0.916. The number of rotatable bonds is 0. The molecule has 0 aromatic heterocycles. The van der Waals surface area contributed by atoms with Crippen LogP contribution in [-0.4, -0.2) is 23.8 Å². The van der Waals surface area contributed by atoms with E-state index in [1.807, 2.05) is 27.7 Å². The van der Waals surface area contributed by atoms with Crippen LogP contribution >= 0.6 is 0 Å². The summed E-state index contributed by atoms with van der Waals surface area (Å²) in [7, 11) is 1.49. The Kier molecular flexibility index (Phi) is 8.01. The van der Waals surface area contributed by atoms with Gasteiger partial charge in [-0.2, -0.15) is 0 Å². The number of amides is 2. The molecule has 0 saturated carbocycles. The largest absolute Gasteiger partial charge is 0.278 e. The third-order valence-electron chi connectivity index (χ3n) is 1.81. The van der Waals surface area contributed by atoms with E-state index in [0.717, 1.165) is 4.90 Å². The van der Waals surface area contributed by atoms with Crippen LogP contribution in [-0.2, 0) is 9.59 Å². The summed E-state index contributed by atoms with van der Waals surface area (Å²) >= 11 is 0. The highest BCUT2D eigenvalue weighted by Crippen LogP contribution is 2.16. The van der Waals surface area contributed by atoms with E-state index in [2.05, 4.69) is 0 Å². The molecule has 0 unspecified atom stereocenters.